The first-order chi connectivity index (χ1) is 9.47. The number of methoxy groups -OCH3 is 1. The normalized spacial score (nSPS) is 12.6. The van der Waals surface area contributed by atoms with E-state index < -0.39 is 29.7 Å². The number of hydrogen-bond acceptors (Lipinski definition) is 5. The number of ether oxygens (including phenoxy) is 2. The molecule has 0 aliphatic carbocycles. The van der Waals surface area contributed by atoms with Crippen LogP contribution in [0.1, 0.15) is 41.5 Å². The second kappa shape index (κ2) is 7.85. The van der Waals surface area contributed by atoms with Crippen molar-refractivity contribution < 1.29 is 23.9 Å². The molecule has 0 heterocycles. The number of rotatable bonds is 4. The molecule has 0 unspecified atom stereocenters. The minimum atomic E-state index is -0.848. The summed E-state index contributed by atoms with van der Waals surface area (Å²) >= 11 is 0. The van der Waals surface area contributed by atoms with E-state index in [-0.39, 0.29) is 12.5 Å². The average molecular weight is 302 g/mol. The Morgan fingerprint density at radius 2 is 1.67 bits per heavy atom. The lowest BCUT2D eigenvalue weighted by molar-refractivity contribution is -0.142. The Hall–Kier alpha value is -1.79. The van der Waals surface area contributed by atoms with E-state index in [1.165, 1.54) is 14.0 Å². The van der Waals surface area contributed by atoms with Gasteiger partial charge in [-0.25, -0.2) is 19.3 Å². The number of carbonyl (C=O) groups excluding carboxylic acids is 3. The van der Waals surface area contributed by atoms with Crippen molar-refractivity contribution in [2.45, 2.75) is 53.2 Å². The lowest BCUT2D eigenvalue weighted by Gasteiger charge is -2.28. The molecule has 0 rings (SSSR count). The molecule has 0 fully saturated rings. The fraction of sp³-hybridized carbons (Fsp3) is 0.786. The Labute approximate surface area is 126 Å². The van der Waals surface area contributed by atoms with E-state index >= 15 is 0 Å². The molecule has 7 nitrogen and oxygen atoms in total. The highest BCUT2D eigenvalue weighted by Gasteiger charge is 2.29. The Morgan fingerprint density at radius 1 is 1.14 bits per heavy atom. The highest BCUT2D eigenvalue weighted by Crippen LogP contribution is 2.11. The Bertz CT molecular complexity index is 387. The van der Waals surface area contributed by atoms with E-state index in [9.17, 15) is 14.4 Å². The van der Waals surface area contributed by atoms with Gasteiger partial charge in [0.1, 0.15) is 11.6 Å². The van der Waals surface area contributed by atoms with E-state index in [1.807, 2.05) is 13.8 Å². The van der Waals surface area contributed by atoms with Gasteiger partial charge in [-0.1, -0.05) is 13.8 Å². The van der Waals surface area contributed by atoms with Gasteiger partial charge in [-0.3, -0.25) is 0 Å². The van der Waals surface area contributed by atoms with Crippen LogP contribution in [0.2, 0.25) is 0 Å². The second-order valence-electron chi connectivity index (χ2n) is 6.18. The maximum Gasteiger partial charge on any atom is 0.418 e. The van der Waals surface area contributed by atoms with Crippen LogP contribution in [0.4, 0.5) is 9.59 Å². The monoisotopic (exact) mass is 302 g/mol. The van der Waals surface area contributed by atoms with Gasteiger partial charge in [0.05, 0.1) is 7.11 Å². The third kappa shape index (κ3) is 7.53. The summed E-state index contributed by atoms with van der Waals surface area (Å²) in [5, 5.41) is 2.41. The topological polar surface area (TPSA) is 84.9 Å². The van der Waals surface area contributed by atoms with Crippen molar-refractivity contribution >= 4 is 18.1 Å². The molecule has 1 N–H and O–H groups in total. The lowest BCUT2D eigenvalue weighted by atomic mass is 10.2. The number of hydrogen-bond donors (Lipinski definition) is 1. The summed E-state index contributed by atoms with van der Waals surface area (Å²) < 4.78 is 9.73. The molecule has 0 saturated carbocycles. The number of carbonyl (C=O) groups is 3. The fourth-order valence-corrected chi connectivity index (χ4v) is 1.42. The molecule has 0 aromatic carbocycles. The van der Waals surface area contributed by atoms with E-state index in [0.29, 0.717) is 0 Å². The van der Waals surface area contributed by atoms with Crippen LogP contribution in [0, 0.1) is 5.92 Å². The Morgan fingerprint density at radius 3 is 2.05 bits per heavy atom. The highest BCUT2D eigenvalue weighted by atomic mass is 16.6. The van der Waals surface area contributed by atoms with Crippen LogP contribution in [0.3, 0.4) is 0 Å². The van der Waals surface area contributed by atoms with Crippen LogP contribution in [0.15, 0.2) is 0 Å². The minimum Gasteiger partial charge on any atom is -0.467 e. The first-order valence-electron chi connectivity index (χ1n) is 6.86. The molecule has 0 aromatic heterocycles. The zero-order valence-corrected chi connectivity index (χ0v) is 13.9. The first kappa shape index (κ1) is 19.2. The molecular formula is C14H26N2O5. The summed E-state index contributed by atoms with van der Waals surface area (Å²) in [4.78, 5) is 36.5. The molecule has 7 heteroatoms. The van der Waals surface area contributed by atoms with Gasteiger partial charge in [-0.15, -0.1) is 0 Å². The summed E-state index contributed by atoms with van der Waals surface area (Å²) in [5.41, 5.74) is -0.708. The van der Waals surface area contributed by atoms with Crippen molar-refractivity contribution in [2.75, 3.05) is 13.7 Å². The smallest absolute Gasteiger partial charge is 0.418 e. The highest BCUT2D eigenvalue weighted by molar-refractivity contribution is 5.93. The van der Waals surface area contributed by atoms with Crippen molar-refractivity contribution in [3.63, 3.8) is 0 Å². The zero-order valence-electron chi connectivity index (χ0n) is 13.9. The number of imide groups is 1. The van der Waals surface area contributed by atoms with E-state index in [4.69, 9.17) is 4.74 Å². The standard InChI is InChI=1S/C14H26N2O5/c1-9(2)8-16(13(19)21-14(4,5)6)12(18)15-10(3)11(17)20-7/h9-10H,8H2,1-7H3,(H,15,18)/t10-/m0/s1. The molecule has 0 bridgehead atoms. The molecular weight excluding hydrogens is 276 g/mol. The van der Waals surface area contributed by atoms with Crippen molar-refractivity contribution in [1.29, 1.82) is 0 Å². The molecule has 1 atom stereocenters. The number of nitrogens with zero attached hydrogens (tertiary/aromatic N) is 1. The van der Waals surface area contributed by atoms with Crippen LogP contribution in [-0.2, 0) is 14.3 Å². The summed E-state index contributed by atoms with van der Waals surface area (Å²) in [6.45, 7) is 10.6. The maximum absolute atomic E-state index is 12.1. The summed E-state index contributed by atoms with van der Waals surface area (Å²) in [6, 6.07) is -1.53. The van der Waals surface area contributed by atoms with Gasteiger partial charge in [0, 0.05) is 6.54 Å². The van der Waals surface area contributed by atoms with Gasteiger partial charge >= 0.3 is 18.1 Å². The predicted molar refractivity (Wildman–Crippen MR) is 77.8 cm³/mol. The molecule has 3 amide bonds. The van der Waals surface area contributed by atoms with Crippen LogP contribution in [0.5, 0.6) is 0 Å². The van der Waals surface area contributed by atoms with Gasteiger partial charge in [0.25, 0.3) is 0 Å². The second-order valence-corrected chi connectivity index (χ2v) is 6.18. The van der Waals surface area contributed by atoms with Gasteiger partial charge < -0.3 is 14.8 Å². The van der Waals surface area contributed by atoms with Gasteiger partial charge in [0.15, 0.2) is 0 Å². The van der Waals surface area contributed by atoms with Crippen molar-refractivity contribution in [3.8, 4) is 0 Å². The fourth-order valence-electron chi connectivity index (χ4n) is 1.42. The summed E-state index contributed by atoms with van der Waals surface area (Å²) in [5.74, 6) is -0.520. The molecule has 0 aliphatic heterocycles. The van der Waals surface area contributed by atoms with E-state index in [0.717, 1.165) is 4.90 Å². The number of nitrogens with one attached hydrogen (secondary N) is 1. The summed E-state index contributed by atoms with van der Waals surface area (Å²) in [7, 11) is 1.23. The van der Waals surface area contributed by atoms with E-state index in [1.54, 1.807) is 20.8 Å². The third-order valence-electron chi connectivity index (χ3n) is 2.30. The molecule has 122 valence electrons. The lowest BCUT2D eigenvalue weighted by Crippen LogP contribution is -2.51. The van der Waals surface area contributed by atoms with Crippen LogP contribution in [0.25, 0.3) is 0 Å². The first-order valence-corrected chi connectivity index (χ1v) is 6.86. The minimum absolute atomic E-state index is 0.0664. The van der Waals surface area contributed by atoms with E-state index in [2.05, 4.69) is 10.1 Å². The van der Waals surface area contributed by atoms with Crippen molar-refractivity contribution in [2.24, 2.45) is 5.92 Å². The molecule has 0 aliphatic rings. The van der Waals surface area contributed by atoms with Crippen LogP contribution < -0.4 is 5.32 Å². The number of esters is 1. The summed E-state index contributed by atoms with van der Waals surface area (Å²) in [6.07, 6.45) is -0.745. The zero-order chi connectivity index (χ0) is 16.8. The molecule has 0 saturated heterocycles. The number of amides is 3. The maximum atomic E-state index is 12.1. The molecule has 21 heavy (non-hydrogen) atoms. The van der Waals surface area contributed by atoms with Crippen molar-refractivity contribution in [3.05, 3.63) is 0 Å². The number of urea groups is 1. The molecule has 0 radical (unpaired) electrons. The predicted octanol–water partition coefficient (Wildman–Crippen LogP) is 2.15. The van der Waals surface area contributed by atoms with Gasteiger partial charge in [-0.05, 0) is 33.6 Å². The van der Waals surface area contributed by atoms with Crippen molar-refractivity contribution in [1.82, 2.24) is 10.2 Å². The molecule has 0 spiro atoms. The average Bonchev–Trinajstić information content (AvgIpc) is 2.32. The largest absolute Gasteiger partial charge is 0.467 e. The van der Waals surface area contributed by atoms with Gasteiger partial charge in [-0.2, -0.15) is 0 Å². The van der Waals surface area contributed by atoms with Crippen LogP contribution >= 0.6 is 0 Å². The third-order valence-corrected chi connectivity index (χ3v) is 2.30. The van der Waals surface area contributed by atoms with Gasteiger partial charge in [0.2, 0.25) is 0 Å². The quantitative estimate of drug-likeness (QED) is 0.804. The Kier molecular flexibility index (Phi) is 7.18. The molecule has 0 aromatic rings. The Balaban J connectivity index is 4.93. The SMILES string of the molecule is COC(=O)[C@H](C)NC(=O)N(CC(C)C)C(=O)OC(C)(C)C. The van der Waals surface area contributed by atoms with Crippen LogP contribution in [-0.4, -0.2) is 48.3 Å².